The fraction of sp³-hybridized carbons (Fsp3) is 0.417. The number of hydrogen-bond donors (Lipinski definition) is 0. The second-order valence-electron chi connectivity index (χ2n) is 4.07. The maximum atomic E-state index is 12.6. The van der Waals surface area contributed by atoms with E-state index in [0.29, 0.717) is 0 Å². The lowest BCUT2D eigenvalue weighted by atomic mass is 10.0. The summed E-state index contributed by atoms with van der Waals surface area (Å²) in [5, 5.41) is 0. The zero-order valence-corrected chi connectivity index (χ0v) is 8.55. The maximum absolute atomic E-state index is 12.6. The number of carbonyl (C=O) groups excluding carboxylic acids is 1. The van der Waals surface area contributed by atoms with Crippen molar-refractivity contribution in [2.75, 3.05) is 0 Å². The monoisotopic (exact) mass is 228 g/mol. The Hall–Kier alpha value is -1.32. The molecule has 0 N–H and O–H groups in total. The molecule has 2 rings (SSSR count). The molecule has 1 saturated carbocycles. The summed E-state index contributed by atoms with van der Waals surface area (Å²) < 4.78 is 37.8. The van der Waals surface area contributed by atoms with Gasteiger partial charge in [0.15, 0.2) is 0 Å². The van der Waals surface area contributed by atoms with Gasteiger partial charge in [0.25, 0.3) is 0 Å². The maximum Gasteiger partial charge on any atom is 0.416 e. The van der Waals surface area contributed by atoms with E-state index in [0.717, 1.165) is 18.9 Å². The van der Waals surface area contributed by atoms with Crippen molar-refractivity contribution in [1.29, 1.82) is 0 Å². The number of ketones is 1. The first-order valence-electron chi connectivity index (χ1n) is 5.16. The molecule has 1 aliphatic rings. The Morgan fingerprint density at radius 1 is 1.25 bits per heavy atom. The van der Waals surface area contributed by atoms with Crippen LogP contribution in [0.15, 0.2) is 24.3 Å². The van der Waals surface area contributed by atoms with Crippen LogP contribution in [-0.4, -0.2) is 5.78 Å². The Kier molecular flexibility index (Phi) is 2.74. The summed E-state index contributed by atoms with van der Waals surface area (Å²) in [4.78, 5) is 11.5. The van der Waals surface area contributed by atoms with Crippen molar-refractivity contribution in [3.05, 3.63) is 35.4 Å². The second kappa shape index (κ2) is 3.92. The van der Waals surface area contributed by atoms with E-state index in [1.165, 1.54) is 18.2 Å². The van der Waals surface area contributed by atoms with E-state index >= 15 is 0 Å². The van der Waals surface area contributed by atoms with E-state index in [1.807, 2.05) is 0 Å². The number of carbonyl (C=O) groups is 1. The van der Waals surface area contributed by atoms with Gasteiger partial charge in [-0.05, 0) is 24.5 Å². The van der Waals surface area contributed by atoms with Crippen molar-refractivity contribution in [3.8, 4) is 0 Å². The second-order valence-corrected chi connectivity index (χ2v) is 4.07. The van der Waals surface area contributed by atoms with E-state index in [4.69, 9.17) is 0 Å². The summed E-state index contributed by atoms with van der Waals surface area (Å²) in [6.45, 7) is 0. The Morgan fingerprint density at radius 3 is 2.44 bits per heavy atom. The predicted octanol–water partition coefficient (Wildman–Crippen LogP) is 3.23. The van der Waals surface area contributed by atoms with Crippen LogP contribution < -0.4 is 0 Å². The molecule has 0 spiro atoms. The molecule has 0 atom stereocenters. The first-order chi connectivity index (χ1) is 7.48. The van der Waals surface area contributed by atoms with Gasteiger partial charge >= 0.3 is 6.18 Å². The molecule has 1 aliphatic carbocycles. The van der Waals surface area contributed by atoms with Crippen LogP contribution in [-0.2, 0) is 17.4 Å². The molecule has 0 unspecified atom stereocenters. The van der Waals surface area contributed by atoms with E-state index in [1.54, 1.807) is 0 Å². The van der Waals surface area contributed by atoms with E-state index in [9.17, 15) is 18.0 Å². The molecule has 0 aliphatic heterocycles. The Bertz CT molecular complexity index is 405. The number of halogens is 3. The number of benzene rings is 1. The van der Waals surface area contributed by atoms with Gasteiger partial charge < -0.3 is 0 Å². The van der Waals surface area contributed by atoms with E-state index < -0.39 is 11.7 Å². The third kappa shape index (κ3) is 2.43. The zero-order valence-electron chi connectivity index (χ0n) is 8.55. The highest BCUT2D eigenvalue weighted by Crippen LogP contribution is 2.35. The number of Topliss-reactive ketones (excluding diaryl/α,β-unsaturated/α-hetero) is 1. The summed E-state index contributed by atoms with van der Waals surface area (Å²) in [6.07, 6.45) is -2.82. The van der Waals surface area contributed by atoms with Gasteiger partial charge in [-0.1, -0.05) is 18.2 Å². The number of hydrogen-bond acceptors (Lipinski definition) is 1. The van der Waals surface area contributed by atoms with Gasteiger partial charge in [-0.3, -0.25) is 4.79 Å². The van der Waals surface area contributed by atoms with Crippen molar-refractivity contribution < 1.29 is 18.0 Å². The highest BCUT2D eigenvalue weighted by molar-refractivity contribution is 5.85. The fourth-order valence-corrected chi connectivity index (χ4v) is 1.69. The minimum Gasteiger partial charge on any atom is -0.299 e. The molecule has 0 radical (unpaired) electrons. The van der Waals surface area contributed by atoms with Gasteiger partial charge in [0, 0.05) is 12.3 Å². The van der Waals surface area contributed by atoms with Crippen molar-refractivity contribution in [2.45, 2.75) is 25.4 Å². The topological polar surface area (TPSA) is 17.1 Å². The fourth-order valence-electron chi connectivity index (χ4n) is 1.69. The smallest absolute Gasteiger partial charge is 0.299 e. The molecule has 1 aromatic carbocycles. The highest BCUT2D eigenvalue weighted by atomic mass is 19.4. The lowest BCUT2D eigenvalue weighted by Crippen LogP contribution is -2.13. The summed E-state index contributed by atoms with van der Waals surface area (Å²) in [6, 6.07) is 5.28. The zero-order chi connectivity index (χ0) is 11.8. The van der Waals surface area contributed by atoms with Crippen LogP contribution in [0, 0.1) is 5.92 Å². The molecule has 0 saturated heterocycles. The van der Waals surface area contributed by atoms with Crippen LogP contribution in [0.3, 0.4) is 0 Å². The van der Waals surface area contributed by atoms with Crippen LogP contribution in [0.4, 0.5) is 13.2 Å². The third-order valence-electron chi connectivity index (χ3n) is 2.72. The lowest BCUT2D eigenvalue weighted by Gasteiger charge is -2.11. The summed E-state index contributed by atoms with van der Waals surface area (Å²) >= 11 is 0. The largest absolute Gasteiger partial charge is 0.416 e. The number of alkyl halides is 3. The van der Waals surface area contributed by atoms with Gasteiger partial charge in [-0.25, -0.2) is 0 Å². The predicted molar refractivity (Wildman–Crippen MR) is 52.9 cm³/mol. The minimum absolute atomic E-state index is 0.00119. The first-order valence-corrected chi connectivity index (χ1v) is 5.16. The molecule has 16 heavy (non-hydrogen) atoms. The van der Waals surface area contributed by atoms with Gasteiger partial charge in [-0.15, -0.1) is 0 Å². The summed E-state index contributed by atoms with van der Waals surface area (Å²) in [5.74, 6) is -0.0713. The van der Waals surface area contributed by atoms with Gasteiger partial charge in [0.05, 0.1) is 5.56 Å². The average Bonchev–Trinajstić information content (AvgIpc) is 2.99. The molecule has 0 aromatic heterocycles. The SMILES string of the molecule is O=C(Cc1ccccc1C(F)(F)F)C1CC1. The van der Waals surface area contributed by atoms with Crippen molar-refractivity contribution >= 4 is 5.78 Å². The number of rotatable bonds is 3. The summed E-state index contributed by atoms with van der Waals surface area (Å²) in [5.41, 5.74) is -0.601. The third-order valence-corrected chi connectivity index (χ3v) is 2.72. The van der Waals surface area contributed by atoms with E-state index in [-0.39, 0.29) is 23.7 Å². The normalized spacial score (nSPS) is 16.2. The van der Waals surface area contributed by atoms with Gasteiger partial charge in [0.1, 0.15) is 5.78 Å². The Labute approximate surface area is 91.3 Å². The molecule has 1 fully saturated rings. The minimum atomic E-state index is -4.37. The standard InChI is InChI=1S/C12H11F3O/c13-12(14,15)10-4-2-1-3-9(10)7-11(16)8-5-6-8/h1-4,8H,5-7H2. The van der Waals surface area contributed by atoms with Crippen LogP contribution >= 0.6 is 0 Å². The quantitative estimate of drug-likeness (QED) is 0.776. The molecule has 4 heteroatoms. The molecule has 0 bridgehead atoms. The summed E-state index contributed by atoms with van der Waals surface area (Å²) in [7, 11) is 0. The van der Waals surface area contributed by atoms with Crippen LogP contribution in [0.2, 0.25) is 0 Å². The van der Waals surface area contributed by atoms with Crippen LogP contribution in [0.25, 0.3) is 0 Å². The van der Waals surface area contributed by atoms with Crippen molar-refractivity contribution in [2.24, 2.45) is 5.92 Å². The van der Waals surface area contributed by atoms with Crippen LogP contribution in [0.5, 0.6) is 0 Å². The first kappa shape index (κ1) is 11.2. The molecule has 0 heterocycles. The highest BCUT2D eigenvalue weighted by Gasteiger charge is 2.35. The van der Waals surface area contributed by atoms with Gasteiger partial charge in [-0.2, -0.15) is 13.2 Å². The van der Waals surface area contributed by atoms with Crippen LogP contribution in [0.1, 0.15) is 24.0 Å². The Morgan fingerprint density at radius 2 is 1.88 bits per heavy atom. The Balaban J connectivity index is 2.22. The molecule has 0 amide bonds. The molecule has 86 valence electrons. The lowest BCUT2D eigenvalue weighted by molar-refractivity contribution is -0.138. The van der Waals surface area contributed by atoms with Crippen molar-refractivity contribution in [1.82, 2.24) is 0 Å². The van der Waals surface area contributed by atoms with Crippen molar-refractivity contribution in [3.63, 3.8) is 0 Å². The molecular formula is C12H11F3O. The average molecular weight is 228 g/mol. The van der Waals surface area contributed by atoms with E-state index in [2.05, 4.69) is 0 Å². The van der Waals surface area contributed by atoms with Gasteiger partial charge in [0.2, 0.25) is 0 Å². The molecular weight excluding hydrogens is 217 g/mol. The molecule has 1 nitrogen and oxygen atoms in total. The molecule has 1 aromatic rings.